The number of H-pyrrole nitrogens is 1. The van der Waals surface area contributed by atoms with E-state index in [-0.39, 0.29) is 17.7 Å². The van der Waals surface area contributed by atoms with Crippen LogP contribution < -0.4 is 5.43 Å². The van der Waals surface area contributed by atoms with Crippen molar-refractivity contribution >= 4 is 32.8 Å². The molecule has 0 aliphatic heterocycles. The summed E-state index contributed by atoms with van der Waals surface area (Å²) >= 11 is 3.32. The largest absolute Gasteiger partial charge is 0.461 e. The SMILES string of the molecule is CCOC(=O)c1[nH]c2ccc(Br)cc2c(=O)c1C. The number of pyridine rings is 1. The van der Waals surface area contributed by atoms with E-state index in [0.29, 0.717) is 16.5 Å². The molecule has 94 valence electrons. The second-order valence-corrected chi connectivity index (χ2v) is 4.78. The summed E-state index contributed by atoms with van der Waals surface area (Å²) in [4.78, 5) is 26.8. The fourth-order valence-corrected chi connectivity index (χ4v) is 2.13. The fraction of sp³-hybridized carbons (Fsp3) is 0.231. The number of rotatable bonds is 2. The van der Waals surface area contributed by atoms with Crippen LogP contribution in [0.2, 0.25) is 0 Å². The lowest BCUT2D eigenvalue weighted by Crippen LogP contribution is -2.17. The van der Waals surface area contributed by atoms with Gasteiger partial charge in [0.1, 0.15) is 5.69 Å². The zero-order chi connectivity index (χ0) is 13.3. The van der Waals surface area contributed by atoms with Crippen molar-refractivity contribution in [1.82, 2.24) is 4.98 Å². The first-order valence-electron chi connectivity index (χ1n) is 5.54. The molecule has 0 unspecified atom stereocenters. The van der Waals surface area contributed by atoms with E-state index in [1.54, 1.807) is 26.0 Å². The van der Waals surface area contributed by atoms with Crippen molar-refractivity contribution < 1.29 is 9.53 Å². The van der Waals surface area contributed by atoms with E-state index >= 15 is 0 Å². The van der Waals surface area contributed by atoms with Gasteiger partial charge in [0.15, 0.2) is 5.43 Å². The molecule has 0 saturated carbocycles. The van der Waals surface area contributed by atoms with E-state index in [1.807, 2.05) is 6.07 Å². The highest BCUT2D eigenvalue weighted by atomic mass is 79.9. The lowest BCUT2D eigenvalue weighted by molar-refractivity contribution is 0.0519. The standard InChI is InChI=1S/C13H12BrNO3/c1-3-18-13(17)11-7(2)12(16)9-6-8(14)4-5-10(9)15-11/h4-6H,3H2,1-2H3,(H,15,16). The van der Waals surface area contributed by atoms with Crippen LogP contribution in [0, 0.1) is 6.92 Å². The Bertz CT molecular complexity index is 676. The van der Waals surface area contributed by atoms with Gasteiger partial charge in [-0.15, -0.1) is 0 Å². The molecule has 0 radical (unpaired) electrons. The van der Waals surface area contributed by atoms with Crippen molar-refractivity contribution in [3.63, 3.8) is 0 Å². The number of aromatic amines is 1. The predicted molar refractivity (Wildman–Crippen MR) is 73.0 cm³/mol. The lowest BCUT2D eigenvalue weighted by atomic mass is 10.1. The molecule has 0 amide bonds. The minimum absolute atomic E-state index is 0.159. The van der Waals surface area contributed by atoms with E-state index < -0.39 is 5.97 Å². The molecule has 0 aliphatic rings. The monoisotopic (exact) mass is 309 g/mol. The number of halogens is 1. The molecule has 1 aromatic carbocycles. The van der Waals surface area contributed by atoms with Crippen LogP contribution in [0.3, 0.4) is 0 Å². The first kappa shape index (κ1) is 12.8. The summed E-state index contributed by atoms with van der Waals surface area (Å²) in [6, 6.07) is 5.29. The molecule has 1 heterocycles. The minimum atomic E-state index is -0.503. The second kappa shape index (κ2) is 4.94. The molecule has 4 nitrogen and oxygen atoms in total. The zero-order valence-electron chi connectivity index (χ0n) is 10.0. The molecular weight excluding hydrogens is 298 g/mol. The molecule has 1 aromatic heterocycles. The number of nitrogens with one attached hydrogen (secondary N) is 1. The number of hydrogen-bond acceptors (Lipinski definition) is 3. The Kier molecular flexibility index (Phi) is 3.52. The van der Waals surface area contributed by atoms with Gasteiger partial charge in [0.05, 0.1) is 6.61 Å². The van der Waals surface area contributed by atoms with Gasteiger partial charge in [0.2, 0.25) is 0 Å². The summed E-state index contributed by atoms with van der Waals surface area (Å²) < 4.78 is 5.74. The fourth-order valence-electron chi connectivity index (χ4n) is 1.76. The van der Waals surface area contributed by atoms with Crippen molar-refractivity contribution in [1.29, 1.82) is 0 Å². The van der Waals surface area contributed by atoms with Crippen LogP contribution in [-0.2, 0) is 4.74 Å². The third-order valence-electron chi connectivity index (χ3n) is 2.68. The van der Waals surface area contributed by atoms with Gasteiger partial charge in [0.25, 0.3) is 0 Å². The van der Waals surface area contributed by atoms with Crippen LogP contribution >= 0.6 is 15.9 Å². The molecule has 0 bridgehead atoms. The topological polar surface area (TPSA) is 59.2 Å². The van der Waals surface area contributed by atoms with Gasteiger partial charge in [-0.2, -0.15) is 0 Å². The smallest absolute Gasteiger partial charge is 0.355 e. The maximum Gasteiger partial charge on any atom is 0.355 e. The first-order chi connectivity index (χ1) is 8.54. The van der Waals surface area contributed by atoms with Gasteiger partial charge in [-0.1, -0.05) is 15.9 Å². The van der Waals surface area contributed by atoms with Gasteiger partial charge in [-0.25, -0.2) is 4.79 Å². The van der Waals surface area contributed by atoms with Crippen molar-refractivity contribution in [3.8, 4) is 0 Å². The minimum Gasteiger partial charge on any atom is -0.461 e. The highest BCUT2D eigenvalue weighted by Gasteiger charge is 2.15. The number of aromatic nitrogens is 1. The summed E-state index contributed by atoms with van der Waals surface area (Å²) in [6.45, 7) is 3.62. The maximum absolute atomic E-state index is 12.2. The Labute approximate surface area is 112 Å². The first-order valence-corrected chi connectivity index (χ1v) is 6.33. The Balaban J connectivity index is 2.72. The van der Waals surface area contributed by atoms with Crippen LogP contribution in [0.15, 0.2) is 27.5 Å². The molecule has 0 fully saturated rings. The predicted octanol–water partition coefficient (Wildman–Crippen LogP) is 2.78. The quantitative estimate of drug-likeness (QED) is 0.868. The summed E-state index contributed by atoms with van der Waals surface area (Å²) in [5, 5.41) is 0.551. The van der Waals surface area contributed by atoms with E-state index in [4.69, 9.17) is 4.74 Å². The van der Waals surface area contributed by atoms with Gasteiger partial charge in [-0.05, 0) is 32.0 Å². The van der Waals surface area contributed by atoms with E-state index in [9.17, 15) is 9.59 Å². The summed E-state index contributed by atoms with van der Waals surface area (Å²) in [7, 11) is 0. The third-order valence-corrected chi connectivity index (χ3v) is 3.17. The highest BCUT2D eigenvalue weighted by molar-refractivity contribution is 9.10. The van der Waals surface area contributed by atoms with E-state index in [2.05, 4.69) is 20.9 Å². The van der Waals surface area contributed by atoms with E-state index in [0.717, 1.165) is 4.47 Å². The normalized spacial score (nSPS) is 10.6. The van der Waals surface area contributed by atoms with Crippen molar-refractivity contribution in [2.75, 3.05) is 6.61 Å². The van der Waals surface area contributed by atoms with Crippen LogP contribution in [0.4, 0.5) is 0 Å². The molecule has 0 aliphatic carbocycles. The zero-order valence-corrected chi connectivity index (χ0v) is 11.6. The van der Waals surface area contributed by atoms with Crippen molar-refractivity contribution in [2.24, 2.45) is 0 Å². The number of carbonyl (C=O) groups is 1. The van der Waals surface area contributed by atoms with Gasteiger partial charge in [-0.3, -0.25) is 4.79 Å². The number of fused-ring (bicyclic) bond motifs is 1. The van der Waals surface area contributed by atoms with Gasteiger partial charge >= 0.3 is 5.97 Å². The maximum atomic E-state index is 12.2. The van der Waals surface area contributed by atoms with Crippen molar-refractivity contribution in [3.05, 3.63) is 44.2 Å². The molecule has 2 rings (SSSR count). The number of esters is 1. The summed E-state index contributed by atoms with van der Waals surface area (Å²) in [5.74, 6) is -0.503. The van der Waals surface area contributed by atoms with Crippen LogP contribution in [0.25, 0.3) is 10.9 Å². The van der Waals surface area contributed by atoms with Crippen molar-refractivity contribution in [2.45, 2.75) is 13.8 Å². The number of benzene rings is 1. The Morgan fingerprint density at radius 3 is 2.83 bits per heavy atom. The Morgan fingerprint density at radius 2 is 2.17 bits per heavy atom. The molecule has 0 atom stereocenters. The molecule has 0 spiro atoms. The number of carbonyl (C=O) groups excluding carboxylic acids is 1. The van der Waals surface area contributed by atoms with Crippen LogP contribution in [-0.4, -0.2) is 17.6 Å². The van der Waals surface area contributed by atoms with Crippen LogP contribution in [0.5, 0.6) is 0 Å². The highest BCUT2D eigenvalue weighted by Crippen LogP contribution is 2.17. The molecule has 1 N–H and O–H groups in total. The molecule has 2 aromatic rings. The lowest BCUT2D eigenvalue weighted by Gasteiger charge is -2.07. The average molecular weight is 310 g/mol. The van der Waals surface area contributed by atoms with E-state index in [1.165, 1.54) is 0 Å². The average Bonchev–Trinajstić information content (AvgIpc) is 2.34. The van der Waals surface area contributed by atoms with Crippen LogP contribution in [0.1, 0.15) is 23.0 Å². The van der Waals surface area contributed by atoms with Gasteiger partial charge in [0, 0.05) is 20.9 Å². The second-order valence-electron chi connectivity index (χ2n) is 3.86. The molecule has 5 heteroatoms. The summed E-state index contributed by atoms with van der Waals surface area (Å²) in [5.41, 5.74) is 1.06. The molecular formula is C13H12BrNO3. The Morgan fingerprint density at radius 1 is 1.44 bits per heavy atom. The summed E-state index contributed by atoms with van der Waals surface area (Å²) in [6.07, 6.45) is 0. The number of hydrogen-bond donors (Lipinski definition) is 1. The van der Waals surface area contributed by atoms with Gasteiger partial charge < -0.3 is 9.72 Å². The number of ether oxygens (including phenoxy) is 1. The molecule has 0 saturated heterocycles. The third kappa shape index (κ3) is 2.18. The molecule has 18 heavy (non-hydrogen) atoms. The Hall–Kier alpha value is -1.62.